The van der Waals surface area contributed by atoms with Gasteiger partial charge in [-0.1, -0.05) is 12.1 Å². The van der Waals surface area contributed by atoms with E-state index in [9.17, 15) is 13.2 Å². The van der Waals surface area contributed by atoms with Crippen molar-refractivity contribution < 1.29 is 17.9 Å². The second-order valence-corrected chi connectivity index (χ2v) is 4.26. The lowest BCUT2D eigenvalue weighted by atomic mass is 10.0. The van der Waals surface area contributed by atoms with Crippen molar-refractivity contribution in [2.45, 2.75) is 12.4 Å². The van der Waals surface area contributed by atoms with Gasteiger partial charge in [-0.15, -0.1) is 13.2 Å². The van der Waals surface area contributed by atoms with E-state index in [0.29, 0.717) is 5.56 Å². The van der Waals surface area contributed by atoms with E-state index in [4.69, 9.17) is 0 Å². The molecule has 0 fully saturated rings. The summed E-state index contributed by atoms with van der Waals surface area (Å²) in [6.07, 6.45) is -2.92. The van der Waals surface area contributed by atoms with Gasteiger partial charge in [0.05, 0.1) is 11.7 Å². The van der Waals surface area contributed by atoms with Crippen LogP contribution in [0.1, 0.15) is 17.3 Å². The molecular formula is C13H14F3N3O. The van der Waals surface area contributed by atoms with Gasteiger partial charge in [0, 0.05) is 13.2 Å². The Kier molecular flexibility index (Phi) is 3.99. The lowest BCUT2D eigenvalue weighted by Gasteiger charge is -2.16. The number of alkyl halides is 3. The summed E-state index contributed by atoms with van der Waals surface area (Å²) in [5, 5.41) is 7.28. The van der Waals surface area contributed by atoms with Gasteiger partial charge in [-0.2, -0.15) is 5.10 Å². The Morgan fingerprint density at radius 1 is 1.30 bits per heavy atom. The molecule has 2 rings (SSSR count). The van der Waals surface area contributed by atoms with Crippen LogP contribution in [0.25, 0.3) is 0 Å². The fourth-order valence-electron chi connectivity index (χ4n) is 1.96. The summed E-state index contributed by atoms with van der Waals surface area (Å²) < 4.78 is 42.2. The zero-order valence-corrected chi connectivity index (χ0v) is 11.0. The number of ether oxygens (including phenoxy) is 1. The third kappa shape index (κ3) is 3.51. The minimum Gasteiger partial charge on any atom is -0.406 e. The Balaban J connectivity index is 2.29. The van der Waals surface area contributed by atoms with E-state index in [0.717, 1.165) is 5.69 Å². The van der Waals surface area contributed by atoms with Crippen molar-refractivity contribution in [1.29, 1.82) is 0 Å². The number of hydrogen-bond donors (Lipinski definition) is 1. The maximum Gasteiger partial charge on any atom is 0.573 e. The van der Waals surface area contributed by atoms with Crippen LogP contribution in [0.3, 0.4) is 0 Å². The predicted octanol–water partition coefficient (Wildman–Crippen LogP) is 2.63. The number of rotatable bonds is 4. The van der Waals surface area contributed by atoms with Crippen LogP contribution in [0, 0.1) is 0 Å². The van der Waals surface area contributed by atoms with Crippen molar-refractivity contribution in [3.8, 4) is 5.75 Å². The fraction of sp³-hybridized carbons (Fsp3) is 0.308. The topological polar surface area (TPSA) is 39.1 Å². The van der Waals surface area contributed by atoms with Crippen LogP contribution < -0.4 is 10.1 Å². The highest BCUT2D eigenvalue weighted by Crippen LogP contribution is 2.27. The molecule has 1 N–H and O–H groups in total. The van der Waals surface area contributed by atoms with Crippen molar-refractivity contribution in [2.75, 3.05) is 7.05 Å². The molecule has 0 spiro atoms. The molecule has 1 unspecified atom stereocenters. The Labute approximate surface area is 114 Å². The molecule has 7 heteroatoms. The highest BCUT2D eigenvalue weighted by Gasteiger charge is 2.31. The highest BCUT2D eigenvalue weighted by molar-refractivity contribution is 5.34. The lowest BCUT2D eigenvalue weighted by molar-refractivity contribution is -0.274. The number of aryl methyl sites for hydroxylation is 1. The second kappa shape index (κ2) is 5.54. The third-order valence-corrected chi connectivity index (χ3v) is 2.74. The summed E-state index contributed by atoms with van der Waals surface area (Å²) in [7, 11) is 3.50. The number of nitrogens with one attached hydrogen (secondary N) is 1. The predicted molar refractivity (Wildman–Crippen MR) is 67.2 cm³/mol. The van der Waals surface area contributed by atoms with E-state index in [-0.39, 0.29) is 11.8 Å². The summed E-state index contributed by atoms with van der Waals surface area (Å²) in [5.41, 5.74) is 1.37. The summed E-state index contributed by atoms with van der Waals surface area (Å²) in [4.78, 5) is 0. The minimum absolute atomic E-state index is 0.244. The summed E-state index contributed by atoms with van der Waals surface area (Å²) in [6.45, 7) is 0. The molecule has 108 valence electrons. The molecule has 0 amide bonds. The molecule has 0 bridgehead atoms. The number of benzene rings is 1. The van der Waals surface area contributed by atoms with Gasteiger partial charge in [-0.3, -0.25) is 4.68 Å². The number of aromatic nitrogens is 2. The monoisotopic (exact) mass is 285 g/mol. The lowest BCUT2D eigenvalue weighted by Crippen LogP contribution is -2.20. The maximum absolute atomic E-state index is 12.2. The normalized spacial score (nSPS) is 13.2. The van der Waals surface area contributed by atoms with Crippen LogP contribution in [0.15, 0.2) is 36.5 Å². The highest BCUT2D eigenvalue weighted by atomic mass is 19.4. The first kappa shape index (κ1) is 14.4. The molecule has 0 saturated carbocycles. The van der Waals surface area contributed by atoms with Crippen LogP contribution in [0.4, 0.5) is 13.2 Å². The molecule has 4 nitrogen and oxygen atoms in total. The van der Waals surface area contributed by atoms with E-state index in [1.165, 1.54) is 18.2 Å². The van der Waals surface area contributed by atoms with Gasteiger partial charge in [-0.05, 0) is 30.8 Å². The van der Waals surface area contributed by atoms with Crippen molar-refractivity contribution in [3.05, 3.63) is 47.8 Å². The molecule has 1 atom stereocenters. The maximum atomic E-state index is 12.2. The van der Waals surface area contributed by atoms with Gasteiger partial charge >= 0.3 is 6.36 Å². The van der Waals surface area contributed by atoms with E-state index >= 15 is 0 Å². The van der Waals surface area contributed by atoms with Gasteiger partial charge < -0.3 is 10.1 Å². The molecule has 1 aromatic carbocycles. The molecule has 2 aromatic rings. The van der Waals surface area contributed by atoms with E-state index < -0.39 is 6.36 Å². The molecule has 0 saturated heterocycles. The number of nitrogens with zero attached hydrogens (tertiary/aromatic N) is 2. The second-order valence-electron chi connectivity index (χ2n) is 4.26. The average Bonchev–Trinajstić information content (AvgIpc) is 2.75. The molecule has 0 radical (unpaired) electrons. The largest absolute Gasteiger partial charge is 0.573 e. The SMILES string of the molecule is CNC(c1cccc(OC(F)(F)F)c1)c1ccn(C)n1. The molecule has 0 aliphatic heterocycles. The first-order valence-electron chi connectivity index (χ1n) is 5.91. The average molecular weight is 285 g/mol. The van der Waals surface area contributed by atoms with Crippen LogP contribution in [-0.4, -0.2) is 23.2 Å². The van der Waals surface area contributed by atoms with Gasteiger partial charge in [0.1, 0.15) is 5.75 Å². The van der Waals surface area contributed by atoms with Crippen LogP contribution in [0.5, 0.6) is 5.75 Å². The molecule has 0 aliphatic carbocycles. The standard InChI is InChI=1S/C13H14F3N3O/c1-17-12(11-6-7-19(2)18-11)9-4-3-5-10(8-9)20-13(14,15)16/h3-8,12,17H,1-2H3. The van der Waals surface area contributed by atoms with Crippen molar-refractivity contribution in [3.63, 3.8) is 0 Å². The van der Waals surface area contributed by atoms with E-state index in [2.05, 4.69) is 15.2 Å². The van der Waals surface area contributed by atoms with E-state index in [1.54, 1.807) is 37.1 Å². The molecule has 20 heavy (non-hydrogen) atoms. The van der Waals surface area contributed by atoms with E-state index in [1.807, 2.05) is 0 Å². The van der Waals surface area contributed by atoms with Crippen molar-refractivity contribution in [2.24, 2.45) is 7.05 Å². The summed E-state index contributed by atoms with van der Waals surface area (Å²) in [6, 6.07) is 7.36. The first-order valence-corrected chi connectivity index (χ1v) is 5.91. The smallest absolute Gasteiger partial charge is 0.406 e. The Bertz CT molecular complexity index is 580. The Morgan fingerprint density at radius 2 is 2.05 bits per heavy atom. The zero-order chi connectivity index (χ0) is 14.8. The fourth-order valence-corrected chi connectivity index (χ4v) is 1.96. The Hall–Kier alpha value is -2.02. The quantitative estimate of drug-likeness (QED) is 0.938. The van der Waals surface area contributed by atoms with Crippen LogP contribution >= 0.6 is 0 Å². The molecule has 1 heterocycles. The molecular weight excluding hydrogens is 271 g/mol. The van der Waals surface area contributed by atoms with Crippen molar-refractivity contribution >= 4 is 0 Å². The Morgan fingerprint density at radius 3 is 2.60 bits per heavy atom. The number of halogens is 3. The summed E-state index contributed by atoms with van der Waals surface area (Å²) in [5.74, 6) is -0.244. The van der Waals surface area contributed by atoms with Gasteiger partial charge in [-0.25, -0.2) is 0 Å². The third-order valence-electron chi connectivity index (χ3n) is 2.74. The zero-order valence-electron chi connectivity index (χ0n) is 11.0. The van der Waals surface area contributed by atoms with Crippen LogP contribution in [0.2, 0.25) is 0 Å². The van der Waals surface area contributed by atoms with Gasteiger partial charge in [0.15, 0.2) is 0 Å². The first-order chi connectivity index (χ1) is 9.39. The van der Waals surface area contributed by atoms with Crippen LogP contribution in [-0.2, 0) is 7.05 Å². The van der Waals surface area contributed by atoms with Gasteiger partial charge in [0.25, 0.3) is 0 Å². The summed E-state index contributed by atoms with van der Waals surface area (Å²) >= 11 is 0. The minimum atomic E-state index is -4.70. The number of hydrogen-bond acceptors (Lipinski definition) is 3. The molecule has 0 aliphatic rings. The van der Waals surface area contributed by atoms with Gasteiger partial charge in [0.2, 0.25) is 0 Å². The van der Waals surface area contributed by atoms with Crippen molar-refractivity contribution in [1.82, 2.24) is 15.1 Å². The molecule has 1 aromatic heterocycles.